The van der Waals surface area contributed by atoms with Crippen LogP contribution in [0.4, 0.5) is 0 Å². The van der Waals surface area contributed by atoms with Crippen molar-refractivity contribution in [2.24, 2.45) is 11.8 Å². The Bertz CT molecular complexity index is 814. The van der Waals surface area contributed by atoms with Crippen molar-refractivity contribution in [1.29, 1.82) is 0 Å². The van der Waals surface area contributed by atoms with E-state index in [4.69, 9.17) is 4.98 Å². The Morgan fingerprint density at radius 1 is 1.00 bits per heavy atom. The van der Waals surface area contributed by atoms with Crippen LogP contribution in [0, 0.1) is 11.8 Å². The van der Waals surface area contributed by atoms with E-state index in [2.05, 4.69) is 18.2 Å². The minimum absolute atomic E-state index is 0.0223. The minimum atomic E-state index is -0.0223. The molecule has 3 aliphatic rings. The number of benzene rings is 1. The molecule has 27 heavy (non-hydrogen) atoms. The maximum absolute atomic E-state index is 12.7. The van der Waals surface area contributed by atoms with Gasteiger partial charge in [-0.2, -0.15) is 0 Å². The lowest BCUT2D eigenvalue weighted by Gasteiger charge is -2.30. The molecule has 2 aliphatic heterocycles. The molecule has 5 nitrogen and oxygen atoms in total. The number of nitrogens with zero attached hydrogens (tertiary/aromatic N) is 2. The van der Waals surface area contributed by atoms with Gasteiger partial charge in [0.05, 0.1) is 40.1 Å². The molecular weight excluding hydrogens is 358 g/mol. The molecule has 2 amide bonds. The molecule has 1 N–H and O–H groups in total. The number of nitrogens with one attached hydrogen (secondary N) is 1. The monoisotopic (exact) mass is 384 g/mol. The van der Waals surface area contributed by atoms with Gasteiger partial charge in [0.25, 0.3) is 0 Å². The summed E-state index contributed by atoms with van der Waals surface area (Å²) in [5, 5.41) is 1.24. The number of amides is 2. The summed E-state index contributed by atoms with van der Waals surface area (Å²) >= 11 is 1.81. The normalized spacial score (nSPS) is 31.5. The Hall–Kier alpha value is -1.79. The average molecular weight is 385 g/mol. The first-order valence-corrected chi connectivity index (χ1v) is 11.1. The van der Waals surface area contributed by atoms with Gasteiger partial charge < -0.3 is 4.90 Å². The Balaban J connectivity index is 1.22. The predicted molar refractivity (Wildman–Crippen MR) is 104 cm³/mol. The van der Waals surface area contributed by atoms with Crippen LogP contribution in [0.25, 0.3) is 10.2 Å². The summed E-state index contributed by atoms with van der Waals surface area (Å²) in [7, 11) is 0. The maximum atomic E-state index is 12.7. The van der Waals surface area contributed by atoms with E-state index in [1.807, 2.05) is 17.4 Å². The molecular formula is C21H26N3O2S+. The Labute approximate surface area is 163 Å². The first-order chi connectivity index (χ1) is 13.2. The van der Waals surface area contributed by atoms with Gasteiger partial charge in [-0.05, 0) is 25.0 Å². The average Bonchev–Trinajstić information content (AvgIpc) is 3.24. The number of para-hydroxylation sites is 1. The summed E-state index contributed by atoms with van der Waals surface area (Å²) in [6, 6.07) is 8.33. The largest absolute Gasteiger partial charge is 0.317 e. The number of hydrogen-bond donors (Lipinski definition) is 1. The highest BCUT2D eigenvalue weighted by Gasteiger charge is 2.49. The lowest BCUT2D eigenvalue weighted by Crippen LogP contribution is -3.14. The van der Waals surface area contributed by atoms with Gasteiger partial charge in [-0.15, -0.1) is 11.3 Å². The van der Waals surface area contributed by atoms with Crippen LogP contribution in [0.3, 0.4) is 0 Å². The van der Waals surface area contributed by atoms with Gasteiger partial charge in [0, 0.05) is 18.8 Å². The third kappa shape index (κ3) is 3.09. The molecule has 0 unspecified atom stereocenters. The molecule has 5 rings (SSSR count). The number of aromatic nitrogens is 1. The molecule has 6 heteroatoms. The zero-order chi connectivity index (χ0) is 18.4. The summed E-state index contributed by atoms with van der Waals surface area (Å²) < 4.78 is 1.26. The first-order valence-electron chi connectivity index (χ1n) is 10.2. The Morgan fingerprint density at radius 2 is 1.67 bits per heavy atom. The molecule has 142 valence electrons. The van der Waals surface area contributed by atoms with E-state index in [9.17, 15) is 9.59 Å². The number of hydrogen-bond acceptors (Lipinski definition) is 4. The second-order valence-corrected chi connectivity index (χ2v) is 9.37. The fourth-order valence-electron chi connectivity index (χ4n) is 5.11. The molecule has 0 bridgehead atoms. The SMILES string of the molecule is O=C1[C@H]2CCCC[C@H]2C(=O)N1C[NH+]1CCC(c2nc3ccccc3s2)CC1. The fourth-order valence-corrected chi connectivity index (χ4v) is 6.24. The van der Waals surface area contributed by atoms with Crippen molar-refractivity contribution in [2.45, 2.75) is 44.4 Å². The molecule has 2 saturated heterocycles. The summed E-state index contributed by atoms with van der Waals surface area (Å²) in [6.07, 6.45) is 6.15. The number of carbonyl (C=O) groups excluding carboxylic acids is 2. The van der Waals surface area contributed by atoms with E-state index in [0.717, 1.165) is 57.1 Å². The highest BCUT2D eigenvalue weighted by molar-refractivity contribution is 7.18. The Kier molecular flexibility index (Phi) is 4.48. The van der Waals surface area contributed by atoms with Gasteiger partial charge in [-0.3, -0.25) is 9.59 Å². The topological polar surface area (TPSA) is 54.7 Å². The number of fused-ring (bicyclic) bond motifs is 2. The van der Waals surface area contributed by atoms with Crippen molar-refractivity contribution >= 4 is 33.4 Å². The number of imide groups is 1. The molecule has 1 aromatic heterocycles. The van der Waals surface area contributed by atoms with Crippen LogP contribution in [0.15, 0.2) is 24.3 Å². The van der Waals surface area contributed by atoms with Gasteiger partial charge in [-0.1, -0.05) is 25.0 Å². The maximum Gasteiger partial charge on any atom is 0.237 e. The Morgan fingerprint density at radius 3 is 2.33 bits per heavy atom. The lowest BCUT2D eigenvalue weighted by atomic mass is 9.81. The summed E-state index contributed by atoms with van der Waals surface area (Å²) in [4.78, 5) is 33.2. The third-order valence-corrected chi connectivity index (χ3v) is 7.87. The molecule has 2 atom stereocenters. The third-order valence-electron chi connectivity index (χ3n) is 6.67. The van der Waals surface area contributed by atoms with Crippen LogP contribution in [0.5, 0.6) is 0 Å². The zero-order valence-corrected chi connectivity index (χ0v) is 16.3. The summed E-state index contributed by atoms with van der Waals surface area (Å²) in [5.41, 5.74) is 1.10. The summed E-state index contributed by atoms with van der Waals surface area (Å²) in [6.45, 7) is 2.58. The van der Waals surface area contributed by atoms with Crippen LogP contribution in [0.1, 0.15) is 49.5 Å². The molecule has 3 heterocycles. The summed E-state index contributed by atoms with van der Waals surface area (Å²) in [5.74, 6) is 0.673. The molecule has 1 aromatic carbocycles. The highest BCUT2D eigenvalue weighted by atomic mass is 32.1. The number of thiazole rings is 1. The van der Waals surface area contributed by atoms with Gasteiger partial charge in [0.2, 0.25) is 11.8 Å². The number of carbonyl (C=O) groups is 2. The van der Waals surface area contributed by atoms with Gasteiger partial charge in [0.15, 0.2) is 6.67 Å². The zero-order valence-electron chi connectivity index (χ0n) is 15.5. The van der Waals surface area contributed by atoms with Crippen molar-refractivity contribution in [3.63, 3.8) is 0 Å². The quantitative estimate of drug-likeness (QED) is 0.826. The van der Waals surface area contributed by atoms with E-state index in [1.54, 1.807) is 4.90 Å². The second kappa shape index (κ2) is 6.99. The van der Waals surface area contributed by atoms with E-state index in [-0.39, 0.29) is 23.7 Å². The van der Waals surface area contributed by atoms with Crippen LogP contribution in [-0.4, -0.2) is 41.5 Å². The van der Waals surface area contributed by atoms with E-state index >= 15 is 0 Å². The van der Waals surface area contributed by atoms with Crippen molar-refractivity contribution in [3.05, 3.63) is 29.3 Å². The molecule has 1 aliphatic carbocycles. The smallest absolute Gasteiger partial charge is 0.237 e. The van der Waals surface area contributed by atoms with Crippen molar-refractivity contribution in [3.8, 4) is 0 Å². The lowest BCUT2D eigenvalue weighted by molar-refractivity contribution is -0.912. The number of piperidine rings is 1. The van der Waals surface area contributed by atoms with Gasteiger partial charge >= 0.3 is 0 Å². The van der Waals surface area contributed by atoms with Crippen molar-refractivity contribution in [2.75, 3.05) is 19.8 Å². The first kappa shape index (κ1) is 17.3. The fraction of sp³-hybridized carbons (Fsp3) is 0.571. The van der Waals surface area contributed by atoms with Crippen LogP contribution < -0.4 is 4.90 Å². The van der Waals surface area contributed by atoms with E-state index in [0.29, 0.717) is 12.6 Å². The van der Waals surface area contributed by atoms with Crippen LogP contribution >= 0.6 is 11.3 Å². The number of quaternary nitrogens is 1. The van der Waals surface area contributed by atoms with E-state index in [1.165, 1.54) is 14.6 Å². The minimum Gasteiger partial charge on any atom is -0.317 e. The van der Waals surface area contributed by atoms with Crippen molar-refractivity contribution < 1.29 is 14.5 Å². The van der Waals surface area contributed by atoms with Gasteiger partial charge in [0.1, 0.15) is 0 Å². The van der Waals surface area contributed by atoms with Crippen LogP contribution in [-0.2, 0) is 9.59 Å². The molecule has 3 fully saturated rings. The predicted octanol–water partition coefficient (Wildman–Crippen LogP) is 2.19. The molecule has 0 spiro atoms. The standard InChI is InChI=1S/C21H25N3O2S/c25-20-15-5-1-2-6-16(15)21(26)24(20)13-23-11-9-14(10-12-23)19-22-17-7-3-4-8-18(17)27-19/h3-4,7-8,14-16H,1-2,5-6,9-13H2/p+1/t15-,16+. The van der Waals surface area contributed by atoms with Crippen LogP contribution in [0.2, 0.25) is 0 Å². The second-order valence-electron chi connectivity index (χ2n) is 8.30. The van der Waals surface area contributed by atoms with Gasteiger partial charge in [-0.25, -0.2) is 9.88 Å². The van der Waals surface area contributed by atoms with Crippen molar-refractivity contribution in [1.82, 2.24) is 9.88 Å². The molecule has 2 aromatic rings. The molecule has 1 saturated carbocycles. The van der Waals surface area contributed by atoms with E-state index < -0.39 is 0 Å². The number of likely N-dealkylation sites (tertiary alicyclic amines) is 2. The number of rotatable bonds is 3. The highest BCUT2D eigenvalue weighted by Crippen LogP contribution is 2.37. The molecule has 0 radical (unpaired) electrons.